The van der Waals surface area contributed by atoms with Crippen LogP contribution < -0.4 is 0 Å². The molecule has 1 saturated heterocycles. The van der Waals surface area contributed by atoms with Crippen LogP contribution in [-0.4, -0.2) is 60.4 Å². The van der Waals surface area contributed by atoms with Crippen LogP contribution in [0.2, 0.25) is 0 Å². The third kappa shape index (κ3) is 4.65. The quantitative estimate of drug-likeness (QED) is 0.578. The van der Waals surface area contributed by atoms with Crippen molar-refractivity contribution in [2.45, 2.75) is 12.8 Å². The zero-order valence-electron chi connectivity index (χ0n) is 10.9. The topological polar surface area (TPSA) is 115 Å². The van der Waals surface area contributed by atoms with Crippen LogP contribution >= 0.6 is 0 Å². The van der Waals surface area contributed by atoms with Crippen LogP contribution in [-0.2, 0) is 33.9 Å². The fourth-order valence-corrected chi connectivity index (χ4v) is 6.58. The lowest BCUT2D eigenvalue weighted by atomic mass is 10.1. The molecule has 2 fully saturated rings. The molecule has 0 aromatic carbocycles. The van der Waals surface area contributed by atoms with Crippen LogP contribution in [0.25, 0.3) is 0 Å². The normalized spacial score (nSPS) is 22.6. The van der Waals surface area contributed by atoms with Gasteiger partial charge in [-0.2, -0.15) is 16.8 Å². The predicted molar refractivity (Wildman–Crippen MR) is 71.3 cm³/mol. The Morgan fingerprint density at radius 3 is 1.95 bits per heavy atom. The van der Waals surface area contributed by atoms with Crippen LogP contribution in [0.5, 0.6) is 0 Å². The van der Waals surface area contributed by atoms with E-state index in [0.717, 1.165) is 12.8 Å². The minimum Gasteiger partial charge on any atom is -0.212 e. The number of rotatable bonds is 7. The molecule has 0 bridgehead atoms. The third-order valence-electron chi connectivity index (χ3n) is 3.13. The van der Waals surface area contributed by atoms with Crippen LogP contribution in [0.15, 0.2) is 0 Å². The van der Waals surface area contributed by atoms with E-state index in [1.165, 1.54) is 4.31 Å². The van der Waals surface area contributed by atoms with Crippen molar-refractivity contribution in [2.24, 2.45) is 11.8 Å². The SMILES string of the molecule is CS(=O)(=O)OS(=O)(=O)CC1CN(S(=O)(=O)CC2CC2)C1. The van der Waals surface area contributed by atoms with Crippen LogP contribution in [0.1, 0.15) is 12.8 Å². The average molecular weight is 347 g/mol. The van der Waals surface area contributed by atoms with Gasteiger partial charge >= 0.3 is 0 Å². The van der Waals surface area contributed by atoms with E-state index in [-0.39, 0.29) is 24.8 Å². The third-order valence-corrected chi connectivity index (χ3v) is 7.80. The van der Waals surface area contributed by atoms with Crippen LogP contribution in [0, 0.1) is 11.8 Å². The molecule has 0 aromatic rings. The van der Waals surface area contributed by atoms with Crippen molar-refractivity contribution in [3.63, 3.8) is 0 Å². The summed E-state index contributed by atoms with van der Waals surface area (Å²) in [5.41, 5.74) is 0. The van der Waals surface area contributed by atoms with E-state index >= 15 is 0 Å². The summed E-state index contributed by atoms with van der Waals surface area (Å²) in [4.78, 5) is 0. The van der Waals surface area contributed by atoms with E-state index in [2.05, 4.69) is 3.63 Å². The summed E-state index contributed by atoms with van der Waals surface area (Å²) in [5, 5.41) is 0. The Morgan fingerprint density at radius 2 is 1.50 bits per heavy atom. The lowest BCUT2D eigenvalue weighted by Gasteiger charge is -2.37. The molecular formula is C9H17NO7S3. The second-order valence-electron chi connectivity index (χ2n) is 5.40. The minimum absolute atomic E-state index is 0.0986. The standard InChI is InChI=1S/C9H17NO7S3/c1-18(11,12)17-20(15,16)7-9-4-10(5-9)19(13,14)6-8-2-3-8/h8-9H,2-7H2,1H3. The average Bonchev–Trinajstić information content (AvgIpc) is 2.89. The van der Waals surface area contributed by atoms with E-state index in [0.29, 0.717) is 6.26 Å². The molecule has 2 aliphatic rings. The highest BCUT2D eigenvalue weighted by Gasteiger charge is 2.41. The van der Waals surface area contributed by atoms with Gasteiger partial charge in [-0.15, -0.1) is 3.63 Å². The second kappa shape index (κ2) is 5.20. The molecule has 0 amide bonds. The van der Waals surface area contributed by atoms with Gasteiger partial charge in [0.25, 0.3) is 20.2 Å². The Labute approximate surface area is 119 Å². The Kier molecular flexibility index (Phi) is 4.20. The Bertz CT molecular complexity index is 669. The smallest absolute Gasteiger partial charge is 0.212 e. The molecule has 2 rings (SSSR count). The van der Waals surface area contributed by atoms with E-state index < -0.39 is 41.9 Å². The van der Waals surface area contributed by atoms with Crippen molar-refractivity contribution in [3.05, 3.63) is 0 Å². The maximum absolute atomic E-state index is 11.9. The fourth-order valence-electron chi connectivity index (χ4n) is 2.05. The number of hydrogen-bond acceptors (Lipinski definition) is 7. The van der Waals surface area contributed by atoms with Crippen molar-refractivity contribution >= 4 is 30.3 Å². The molecular weight excluding hydrogens is 330 g/mol. The van der Waals surface area contributed by atoms with Crippen molar-refractivity contribution in [3.8, 4) is 0 Å². The predicted octanol–water partition coefficient (Wildman–Crippen LogP) is -1.04. The first-order valence-electron chi connectivity index (χ1n) is 6.08. The maximum atomic E-state index is 11.9. The van der Waals surface area contributed by atoms with Crippen LogP contribution in [0.3, 0.4) is 0 Å². The molecule has 0 radical (unpaired) electrons. The van der Waals surface area contributed by atoms with Gasteiger partial charge in [0.15, 0.2) is 0 Å². The highest BCUT2D eigenvalue weighted by Crippen LogP contribution is 2.33. The largest absolute Gasteiger partial charge is 0.282 e. The zero-order valence-corrected chi connectivity index (χ0v) is 13.4. The molecule has 0 N–H and O–H groups in total. The molecule has 20 heavy (non-hydrogen) atoms. The van der Waals surface area contributed by atoms with Gasteiger partial charge in [-0.1, -0.05) is 0 Å². The molecule has 1 aliphatic heterocycles. The first-order valence-corrected chi connectivity index (χ1v) is 11.1. The minimum atomic E-state index is -4.19. The highest BCUT2D eigenvalue weighted by atomic mass is 32.3. The van der Waals surface area contributed by atoms with Gasteiger partial charge in [0, 0.05) is 19.0 Å². The molecule has 0 unspecified atom stereocenters. The molecule has 11 heteroatoms. The molecule has 0 aromatic heterocycles. The Hall–Kier alpha value is -0.230. The second-order valence-corrected chi connectivity index (χ2v) is 10.8. The molecule has 0 spiro atoms. The first-order chi connectivity index (χ1) is 8.97. The monoisotopic (exact) mass is 347 g/mol. The van der Waals surface area contributed by atoms with Gasteiger partial charge in [0.05, 0.1) is 17.8 Å². The lowest BCUT2D eigenvalue weighted by Crippen LogP contribution is -2.53. The summed E-state index contributed by atoms with van der Waals surface area (Å²) in [5.74, 6) is -0.561. The summed E-state index contributed by atoms with van der Waals surface area (Å²) in [6.45, 7) is 0.197. The van der Waals surface area contributed by atoms with E-state index in [9.17, 15) is 25.3 Å². The van der Waals surface area contributed by atoms with Gasteiger partial charge in [0.2, 0.25) is 10.0 Å². The first kappa shape index (κ1) is 16.1. The van der Waals surface area contributed by atoms with Gasteiger partial charge in [0.1, 0.15) is 0 Å². The summed E-state index contributed by atoms with van der Waals surface area (Å²) in [7, 11) is -11.6. The highest BCUT2D eigenvalue weighted by molar-refractivity contribution is 7.99. The Morgan fingerprint density at radius 1 is 0.950 bits per heavy atom. The van der Waals surface area contributed by atoms with Gasteiger partial charge < -0.3 is 0 Å². The van der Waals surface area contributed by atoms with Crippen molar-refractivity contribution in [1.29, 1.82) is 0 Å². The van der Waals surface area contributed by atoms with Gasteiger partial charge in [-0.05, 0) is 18.8 Å². The molecule has 1 saturated carbocycles. The van der Waals surface area contributed by atoms with E-state index in [1.807, 2.05) is 0 Å². The number of nitrogens with zero attached hydrogens (tertiary/aromatic N) is 1. The summed E-state index contributed by atoms with van der Waals surface area (Å²) >= 11 is 0. The fraction of sp³-hybridized carbons (Fsp3) is 1.00. The summed E-state index contributed by atoms with van der Waals surface area (Å²) in [6, 6.07) is 0. The molecule has 8 nitrogen and oxygen atoms in total. The number of sulfonamides is 1. The van der Waals surface area contributed by atoms with Crippen molar-refractivity contribution in [1.82, 2.24) is 4.31 Å². The Balaban J connectivity index is 1.84. The van der Waals surface area contributed by atoms with Crippen molar-refractivity contribution < 1.29 is 28.9 Å². The lowest BCUT2D eigenvalue weighted by molar-refractivity contribution is 0.217. The summed E-state index contributed by atoms with van der Waals surface area (Å²) in [6.07, 6.45) is 2.50. The molecule has 1 aliphatic carbocycles. The zero-order chi connectivity index (χ0) is 15.2. The molecule has 0 atom stereocenters. The molecule has 118 valence electrons. The van der Waals surface area contributed by atoms with Crippen LogP contribution in [0.4, 0.5) is 0 Å². The molecule has 1 heterocycles. The summed E-state index contributed by atoms with van der Waals surface area (Å²) < 4.78 is 73.4. The van der Waals surface area contributed by atoms with Gasteiger partial charge in [-0.3, -0.25) is 0 Å². The number of hydrogen-bond donors (Lipinski definition) is 0. The van der Waals surface area contributed by atoms with E-state index in [1.54, 1.807) is 0 Å². The van der Waals surface area contributed by atoms with E-state index in [4.69, 9.17) is 0 Å². The van der Waals surface area contributed by atoms with Crippen molar-refractivity contribution in [2.75, 3.05) is 30.9 Å². The maximum Gasteiger partial charge on any atom is 0.282 e. The van der Waals surface area contributed by atoms with Gasteiger partial charge in [-0.25, -0.2) is 12.7 Å².